The monoisotopic (exact) mass is 361 g/mol. The Labute approximate surface area is 148 Å². The number of benzene rings is 2. The topological polar surface area (TPSA) is 75.6 Å². The second-order valence-electron chi connectivity index (χ2n) is 6.23. The number of methoxy groups -OCH3 is 1. The number of amides is 1. The zero-order valence-electron chi connectivity index (χ0n) is 14.0. The van der Waals surface area contributed by atoms with Crippen molar-refractivity contribution in [2.75, 3.05) is 12.4 Å². The minimum Gasteiger partial charge on any atom is -0.478 e. The summed E-state index contributed by atoms with van der Waals surface area (Å²) in [5.74, 6) is -3.93. The maximum Gasteiger partial charge on any atom is 0.335 e. The van der Waals surface area contributed by atoms with Gasteiger partial charge in [-0.05, 0) is 42.3 Å². The molecule has 0 saturated heterocycles. The number of aromatic carboxylic acids is 1. The number of hydrogen-bond donors (Lipinski definition) is 2. The highest BCUT2D eigenvalue weighted by molar-refractivity contribution is 5.97. The fourth-order valence-electron chi connectivity index (χ4n) is 3.04. The third-order valence-corrected chi connectivity index (χ3v) is 4.32. The average Bonchev–Trinajstić information content (AvgIpc) is 3.35. The van der Waals surface area contributed by atoms with Crippen molar-refractivity contribution < 1.29 is 28.2 Å². The summed E-state index contributed by atoms with van der Waals surface area (Å²) in [4.78, 5) is 23.6. The summed E-state index contributed by atoms with van der Waals surface area (Å²) < 4.78 is 32.7. The van der Waals surface area contributed by atoms with E-state index in [-0.39, 0.29) is 17.7 Å². The van der Waals surface area contributed by atoms with E-state index in [4.69, 9.17) is 4.74 Å². The molecule has 1 fully saturated rings. The van der Waals surface area contributed by atoms with Gasteiger partial charge in [0.05, 0.1) is 12.2 Å². The van der Waals surface area contributed by atoms with Gasteiger partial charge in [-0.15, -0.1) is 0 Å². The first-order chi connectivity index (χ1) is 12.4. The van der Waals surface area contributed by atoms with E-state index in [9.17, 15) is 23.5 Å². The van der Waals surface area contributed by atoms with Crippen molar-refractivity contribution in [1.29, 1.82) is 0 Å². The molecule has 2 unspecified atom stereocenters. The molecule has 136 valence electrons. The van der Waals surface area contributed by atoms with Gasteiger partial charge in [0.2, 0.25) is 5.91 Å². The zero-order chi connectivity index (χ0) is 18.8. The van der Waals surface area contributed by atoms with Crippen LogP contribution in [0.25, 0.3) is 0 Å². The molecule has 0 spiro atoms. The van der Waals surface area contributed by atoms with Gasteiger partial charge >= 0.3 is 5.97 Å². The third-order valence-electron chi connectivity index (χ3n) is 4.32. The molecule has 1 amide bonds. The molecule has 0 aromatic heterocycles. The van der Waals surface area contributed by atoms with Crippen molar-refractivity contribution in [3.8, 4) is 0 Å². The van der Waals surface area contributed by atoms with E-state index < -0.39 is 35.3 Å². The van der Waals surface area contributed by atoms with Crippen molar-refractivity contribution >= 4 is 17.6 Å². The van der Waals surface area contributed by atoms with Gasteiger partial charge in [0.1, 0.15) is 11.6 Å². The Morgan fingerprint density at radius 1 is 1.23 bits per heavy atom. The first-order valence-electron chi connectivity index (χ1n) is 8.01. The molecule has 26 heavy (non-hydrogen) atoms. The molecular formula is C19H17F2NO4. The van der Waals surface area contributed by atoms with Gasteiger partial charge < -0.3 is 15.2 Å². The summed E-state index contributed by atoms with van der Waals surface area (Å²) in [6, 6.07) is 8.00. The van der Waals surface area contributed by atoms with Gasteiger partial charge in [-0.2, -0.15) is 0 Å². The molecule has 2 aromatic rings. The normalized spacial score (nSPS) is 18.4. The molecule has 0 aliphatic heterocycles. The highest BCUT2D eigenvalue weighted by Crippen LogP contribution is 2.49. The van der Waals surface area contributed by atoms with Crippen LogP contribution in [-0.4, -0.2) is 24.1 Å². The predicted octanol–water partition coefficient (Wildman–Crippen LogP) is 3.55. The Kier molecular flexibility index (Phi) is 4.99. The van der Waals surface area contributed by atoms with Crippen LogP contribution in [0.4, 0.5) is 14.5 Å². The molecule has 1 saturated carbocycles. The maximum absolute atomic E-state index is 13.8. The number of carboxylic acid groups (broad SMARTS) is 1. The third kappa shape index (κ3) is 3.72. The summed E-state index contributed by atoms with van der Waals surface area (Å²) in [7, 11) is 1.48. The molecule has 7 heteroatoms. The maximum atomic E-state index is 13.8. The van der Waals surface area contributed by atoms with Crippen molar-refractivity contribution in [2.45, 2.75) is 18.9 Å². The van der Waals surface area contributed by atoms with Crippen molar-refractivity contribution in [3.05, 3.63) is 64.7 Å². The molecule has 0 heterocycles. The number of ether oxygens (including phenoxy) is 1. The van der Waals surface area contributed by atoms with Crippen LogP contribution in [0.15, 0.2) is 36.4 Å². The van der Waals surface area contributed by atoms with Crippen molar-refractivity contribution in [3.63, 3.8) is 0 Å². The lowest BCUT2D eigenvalue weighted by Crippen LogP contribution is -2.16. The Morgan fingerprint density at radius 2 is 1.92 bits per heavy atom. The van der Waals surface area contributed by atoms with Gasteiger partial charge in [0.15, 0.2) is 0 Å². The summed E-state index contributed by atoms with van der Waals surface area (Å²) >= 11 is 0. The summed E-state index contributed by atoms with van der Waals surface area (Å²) in [5.41, 5.74) is 0.839. The highest BCUT2D eigenvalue weighted by Gasteiger charge is 2.46. The molecular weight excluding hydrogens is 344 g/mol. The molecule has 0 radical (unpaired) electrons. The van der Waals surface area contributed by atoms with Crippen LogP contribution in [-0.2, 0) is 16.1 Å². The fraction of sp³-hybridized carbons (Fsp3) is 0.263. The van der Waals surface area contributed by atoms with E-state index in [0.29, 0.717) is 17.7 Å². The van der Waals surface area contributed by atoms with Crippen LogP contribution < -0.4 is 5.32 Å². The van der Waals surface area contributed by atoms with Crippen LogP contribution >= 0.6 is 0 Å². The van der Waals surface area contributed by atoms with Crippen LogP contribution in [0.1, 0.15) is 33.8 Å². The van der Waals surface area contributed by atoms with Crippen molar-refractivity contribution in [1.82, 2.24) is 0 Å². The number of rotatable bonds is 6. The zero-order valence-corrected chi connectivity index (χ0v) is 14.0. The second-order valence-corrected chi connectivity index (χ2v) is 6.23. The summed E-state index contributed by atoms with van der Waals surface area (Å²) in [6.07, 6.45) is 0.341. The molecule has 2 aromatic carbocycles. The number of halogens is 2. The largest absolute Gasteiger partial charge is 0.478 e. The second kappa shape index (κ2) is 7.21. The fourth-order valence-corrected chi connectivity index (χ4v) is 3.04. The van der Waals surface area contributed by atoms with E-state index in [0.717, 1.165) is 0 Å². The van der Waals surface area contributed by atoms with Gasteiger partial charge in [0, 0.05) is 30.2 Å². The van der Waals surface area contributed by atoms with Crippen LogP contribution in [0, 0.1) is 17.6 Å². The number of carbonyl (C=O) groups excluding carboxylic acids is 1. The Morgan fingerprint density at radius 3 is 2.54 bits per heavy atom. The quantitative estimate of drug-likeness (QED) is 0.825. The SMILES string of the molecule is COCc1cc(NC(=O)C2CC2c2c(F)cccc2F)cc(C(=O)O)c1. The van der Waals surface area contributed by atoms with Gasteiger partial charge in [-0.3, -0.25) is 4.79 Å². The van der Waals surface area contributed by atoms with E-state index in [1.165, 1.54) is 37.4 Å². The molecule has 1 aliphatic rings. The van der Waals surface area contributed by atoms with Crippen molar-refractivity contribution in [2.24, 2.45) is 5.92 Å². The number of carboxylic acids is 1. The van der Waals surface area contributed by atoms with Crippen LogP contribution in [0.3, 0.4) is 0 Å². The molecule has 2 atom stereocenters. The minimum absolute atomic E-state index is 0.0161. The smallest absolute Gasteiger partial charge is 0.335 e. The minimum atomic E-state index is -1.13. The van der Waals surface area contributed by atoms with E-state index in [2.05, 4.69) is 5.32 Å². The summed E-state index contributed by atoms with van der Waals surface area (Å²) in [5, 5.41) is 11.8. The molecule has 5 nitrogen and oxygen atoms in total. The van der Waals surface area contributed by atoms with Crippen LogP contribution in [0.5, 0.6) is 0 Å². The van der Waals surface area contributed by atoms with Crippen LogP contribution in [0.2, 0.25) is 0 Å². The molecule has 0 bridgehead atoms. The van der Waals surface area contributed by atoms with E-state index in [1.807, 2.05) is 0 Å². The van der Waals surface area contributed by atoms with Gasteiger partial charge in [-0.1, -0.05) is 6.07 Å². The highest BCUT2D eigenvalue weighted by atomic mass is 19.1. The predicted molar refractivity (Wildman–Crippen MR) is 90.0 cm³/mol. The first-order valence-corrected chi connectivity index (χ1v) is 8.01. The number of nitrogens with one attached hydrogen (secondary N) is 1. The first kappa shape index (κ1) is 18.0. The van der Waals surface area contributed by atoms with E-state index >= 15 is 0 Å². The summed E-state index contributed by atoms with van der Waals surface area (Å²) in [6.45, 7) is 0.191. The lowest BCUT2D eigenvalue weighted by molar-refractivity contribution is -0.117. The van der Waals surface area contributed by atoms with E-state index in [1.54, 1.807) is 6.07 Å². The standard InChI is InChI=1S/C19H17F2NO4/c1-26-9-10-5-11(19(24)25)7-12(6-10)22-18(23)14-8-13(14)17-15(20)3-2-4-16(17)21/h2-7,13-14H,8-9H2,1H3,(H,22,23)(H,24,25). The lowest BCUT2D eigenvalue weighted by atomic mass is 10.1. The number of hydrogen-bond acceptors (Lipinski definition) is 3. The molecule has 2 N–H and O–H groups in total. The Balaban J connectivity index is 1.76. The Bertz CT molecular complexity index is 848. The molecule has 1 aliphatic carbocycles. The lowest BCUT2D eigenvalue weighted by Gasteiger charge is -2.10. The molecule has 3 rings (SSSR count). The number of anilines is 1. The average molecular weight is 361 g/mol. The Hall–Kier alpha value is -2.80. The van der Waals surface area contributed by atoms with Gasteiger partial charge in [-0.25, -0.2) is 13.6 Å². The number of carbonyl (C=O) groups is 2. The van der Waals surface area contributed by atoms with Gasteiger partial charge in [0.25, 0.3) is 0 Å².